The van der Waals surface area contributed by atoms with Gasteiger partial charge in [-0.2, -0.15) is 16.8 Å². The molecule has 0 atom stereocenters. The maximum atomic E-state index is 13.2. The van der Waals surface area contributed by atoms with Crippen molar-refractivity contribution in [3.05, 3.63) is 58.9 Å². The molecule has 0 radical (unpaired) electrons. The number of fused-ring (bicyclic) bond motifs is 3. The highest BCUT2D eigenvalue weighted by Crippen LogP contribution is 2.37. The Morgan fingerprint density at radius 3 is 2.65 bits per heavy atom. The smallest absolute Gasteiger partial charge is 0.283 e. The van der Waals surface area contributed by atoms with Gasteiger partial charge in [0.1, 0.15) is 5.75 Å². The highest BCUT2D eigenvalue weighted by molar-refractivity contribution is 7.98. The molecule has 0 N–H and O–H groups in total. The Morgan fingerprint density at radius 1 is 1.16 bits per heavy atom. The molecular formula is C23H20N2O4S2. The third-order valence-electron chi connectivity index (χ3n) is 5.19. The van der Waals surface area contributed by atoms with Gasteiger partial charge in [-0.3, -0.25) is 4.79 Å². The molecule has 2 heterocycles. The molecule has 5 rings (SSSR count). The van der Waals surface area contributed by atoms with E-state index < -0.39 is 0 Å². The van der Waals surface area contributed by atoms with Crippen LogP contribution in [0, 0.1) is 0 Å². The highest BCUT2D eigenvalue weighted by atomic mass is 32.2. The second-order valence-electron chi connectivity index (χ2n) is 7.02. The van der Waals surface area contributed by atoms with Gasteiger partial charge >= 0.3 is 0 Å². The van der Waals surface area contributed by atoms with E-state index in [-0.39, 0.29) is 12.7 Å². The molecule has 0 bridgehead atoms. The van der Waals surface area contributed by atoms with Gasteiger partial charge in [0.2, 0.25) is 6.79 Å². The van der Waals surface area contributed by atoms with Gasteiger partial charge in [-0.1, -0.05) is 35.6 Å². The number of aromatic nitrogens is 1. The number of ether oxygens (including phenoxy) is 3. The number of carbonyl (C=O) groups is 1. The maximum absolute atomic E-state index is 13.2. The van der Waals surface area contributed by atoms with Gasteiger partial charge in [-0.25, -0.2) is 0 Å². The number of aryl methyl sites for hydroxylation is 1. The fourth-order valence-electron chi connectivity index (χ4n) is 3.65. The summed E-state index contributed by atoms with van der Waals surface area (Å²) in [7, 11) is 1.57. The van der Waals surface area contributed by atoms with Gasteiger partial charge in [0.15, 0.2) is 16.3 Å². The molecule has 158 valence electrons. The van der Waals surface area contributed by atoms with Gasteiger partial charge in [0.05, 0.1) is 22.9 Å². The third-order valence-corrected chi connectivity index (χ3v) is 6.82. The molecule has 0 fully saturated rings. The molecule has 8 heteroatoms. The first-order valence-corrected chi connectivity index (χ1v) is 12.0. The highest BCUT2D eigenvalue weighted by Gasteiger charge is 2.19. The van der Waals surface area contributed by atoms with Gasteiger partial charge in [0.25, 0.3) is 5.91 Å². The Kier molecular flexibility index (Phi) is 5.33. The summed E-state index contributed by atoms with van der Waals surface area (Å²) in [5.74, 6) is 2.54. The number of amides is 1. The van der Waals surface area contributed by atoms with E-state index in [1.165, 1.54) is 11.3 Å². The van der Waals surface area contributed by atoms with Crippen molar-refractivity contribution in [2.24, 2.45) is 4.99 Å². The number of hydrogen-bond acceptors (Lipinski definition) is 6. The number of methoxy groups -OCH3 is 1. The van der Waals surface area contributed by atoms with Crippen LogP contribution in [0.1, 0.15) is 10.4 Å². The molecule has 3 aromatic carbocycles. The van der Waals surface area contributed by atoms with E-state index in [0.717, 1.165) is 44.8 Å². The van der Waals surface area contributed by atoms with Crippen LogP contribution in [-0.2, 0) is 6.54 Å². The van der Waals surface area contributed by atoms with Crippen LogP contribution in [-0.4, -0.2) is 36.4 Å². The molecule has 0 unspecified atom stereocenters. The Balaban J connectivity index is 1.65. The SMILES string of the molecule is COc1cc2ccccc2cc1C(=O)N=c1sc2cc3c(cc2n1CCSC)OCO3. The third kappa shape index (κ3) is 3.66. The molecule has 31 heavy (non-hydrogen) atoms. The number of thiazole rings is 1. The van der Waals surface area contributed by atoms with Crippen LogP contribution in [0.25, 0.3) is 21.0 Å². The number of carbonyl (C=O) groups excluding carboxylic acids is 1. The van der Waals surface area contributed by atoms with Crippen LogP contribution < -0.4 is 19.0 Å². The summed E-state index contributed by atoms with van der Waals surface area (Å²) in [5.41, 5.74) is 1.43. The van der Waals surface area contributed by atoms with Crippen molar-refractivity contribution in [3.8, 4) is 17.2 Å². The van der Waals surface area contributed by atoms with Crippen molar-refractivity contribution in [1.82, 2.24) is 4.57 Å². The largest absolute Gasteiger partial charge is 0.496 e. The maximum Gasteiger partial charge on any atom is 0.283 e. The molecule has 6 nitrogen and oxygen atoms in total. The van der Waals surface area contributed by atoms with Crippen LogP contribution in [0.3, 0.4) is 0 Å². The fraction of sp³-hybridized carbons (Fsp3) is 0.217. The summed E-state index contributed by atoms with van der Waals surface area (Å²) in [4.78, 5) is 18.4. The van der Waals surface area contributed by atoms with E-state index in [9.17, 15) is 4.79 Å². The molecule has 4 aromatic rings. The summed E-state index contributed by atoms with van der Waals surface area (Å²) in [6.07, 6.45) is 2.06. The lowest BCUT2D eigenvalue weighted by Gasteiger charge is -2.08. The standard InChI is InChI=1S/C23H20N2O4S2/c1-27-18-10-15-6-4-3-5-14(15)9-16(18)22(26)24-23-25(7-8-30-2)17-11-19-20(29-13-28-19)12-21(17)31-23/h3-6,9-12H,7-8,13H2,1-2H3. The van der Waals surface area contributed by atoms with E-state index in [1.54, 1.807) is 18.9 Å². The summed E-state index contributed by atoms with van der Waals surface area (Å²) < 4.78 is 19.6. The molecule has 0 aliphatic carbocycles. The summed E-state index contributed by atoms with van der Waals surface area (Å²) in [6, 6.07) is 15.5. The first-order chi connectivity index (χ1) is 15.2. The molecule has 1 aliphatic heterocycles. The number of hydrogen-bond donors (Lipinski definition) is 0. The summed E-state index contributed by atoms with van der Waals surface area (Å²) in [5, 5.41) is 1.99. The van der Waals surface area contributed by atoms with Gasteiger partial charge in [0, 0.05) is 24.4 Å². The average molecular weight is 453 g/mol. The molecule has 0 spiro atoms. The predicted octanol–water partition coefficient (Wildman–Crippen LogP) is 4.70. The second-order valence-corrected chi connectivity index (χ2v) is 9.01. The van der Waals surface area contributed by atoms with Crippen molar-refractivity contribution >= 4 is 50.0 Å². The average Bonchev–Trinajstić information content (AvgIpc) is 3.38. The van der Waals surface area contributed by atoms with E-state index in [1.807, 2.05) is 48.5 Å². The second kappa shape index (κ2) is 8.28. The number of rotatable bonds is 5. The Morgan fingerprint density at radius 2 is 1.90 bits per heavy atom. The number of benzene rings is 3. The van der Waals surface area contributed by atoms with Crippen molar-refractivity contribution in [1.29, 1.82) is 0 Å². The zero-order valence-corrected chi connectivity index (χ0v) is 18.7. The molecule has 0 saturated carbocycles. The van der Waals surface area contributed by atoms with Crippen molar-refractivity contribution in [2.75, 3.05) is 25.9 Å². The van der Waals surface area contributed by atoms with Crippen molar-refractivity contribution in [3.63, 3.8) is 0 Å². The number of nitrogens with zero attached hydrogens (tertiary/aromatic N) is 2. The lowest BCUT2D eigenvalue weighted by Crippen LogP contribution is -2.18. The minimum Gasteiger partial charge on any atom is -0.496 e. The zero-order valence-electron chi connectivity index (χ0n) is 17.1. The summed E-state index contributed by atoms with van der Waals surface area (Å²) in [6.45, 7) is 0.969. The zero-order chi connectivity index (χ0) is 21.4. The topological polar surface area (TPSA) is 62.0 Å². The Labute approximate surface area is 187 Å². The van der Waals surface area contributed by atoms with Gasteiger partial charge in [-0.15, -0.1) is 0 Å². The molecule has 1 aromatic heterocycles. The quantitative estimate of drug-likeness (QED) is 0.439. The molecular weight excluding hydrogens is 432 g/mol. The van der Waals surface area contributed by atoms with Crippen molar-refractivity contribution in [2.45, 2.75) is 6.54 Å². The van der Waals surface area contributed by atoms with E-state index in [0.29, 0.717) is 16.1 Å². The molecule has 0 saturated heterocycles. The van der Waals surface area contributed by atoms with Crippen LogP contribution in [0.2, 0.25) is 0 Å². The van der Waals surface area contributed by atoms with Crippen LogP contribution in [0.5, 0.6) is 17.2 Å². The molecule has 1 aliphatic rings. The first kappa shape index (κ1) is 20.0. The predicted molar refractivity (Wildman–Crippen MR) is 125 cm³/mol. The Hall–Kier alpha value is -2.97. The van der Waals surface area contributed by atoms with Crippen LogP contribution >= 0.6 is 23.1 Å². The normalized spacial score (nSPS) is 13.3. The van der Waals surface area contributed by atoms with Crippen LogP contribution in [0.15, 0.2) is 53.5 Å². The van der Waals surface area contributed by atoms with Crippen LogP contribution in [0.4, 0.5) is 0 Å². The van der Waals surface area contributed by atoms with Gasteiger partial charge in [-0.05, 0) is 29.2 Å². The van der Waals surface area contributed by atoms with E-state index in [2.05, 4.69) is 15.8 Å². The van der Waals surface area contributed by atoms with Crippen molar-refractivity contribution < 1.29 is 19.0 Å². The van der Waals surface area contributed by atoms with Gasteiger partial charge < -0.3 is 18.8 Å². The minimum atomic E-state index is -0.327. The first-order valence-electron chi connectivity index (χ1n) is 9.75. The fourth-order valence-corrected chi connectivity index (χ4v) is 5.08. The Bertz CT molecular complexity index is 1370. The molecule has 1 amide bonds. The lowest BCUT2D eigenvalue weighted by atomic mass is 10.1. The lowest BCUT2D eigenvalue weighted by molar-refractivity contribution is 0.0995. The number of thioether (sulfide) groups is 1. The minimum absolute atomic E-state index is 0.231. The monoisotopic (exact) mass is 452 g/mol. The van der Waals surface area contributed by atoms with E-state index in [4.69, 9.17) is 14.2 Å². The summed E-state index contributed by atoms with van der Waals surface area (Å²) >= 11 is 3.22. The van der Waals surface area contributed by atoms with E-state index >= 15 is 0 Å².